The minimum atomic E-state index is -1.53. The van der Waals surface area contributed by atoms with Crippen LogP contribution in [0.2, 0.25) is 5.02 Å². The lowest BCUT2D eigenvalue weighted by Gasteiger charge is -2.27. The second-order valence-corrected chi connectivity index (χ2v) is 7.22. The van der Waals surface area contributed by atoms with Crippen LogP contribution in [-0.2, 0) is 38.1 Å². The molecule has 184 valence electrons. The highest BCUT2D eigenvalue weighted by atomic mass is 35.5. The van der Waals surface area contributed by atoms with Crippen molar-refractivity contribution in [2.75, 3.05) is 26.4 Å². The highest BCUT2D eigenvalue weighted by Gasteiger charge is 2.41. The molecule has 4 N–H and O–H groups in total. The smallest absolute Gasteiger partial charge is 0.322 e. The number of carbonyl (C=O) groups is 4. The summed E-state index contributed by atoms with van der Waals surface area (Å²) in [7, 11) is 0. The molecule has 0 aromatic heterocycles. The Morgan fingerprint density at radius 1 is 0.697 bits per heavy atom. The van der Waals surface area contributed by atoms with E-state index in [1.807, 2.05) is 0 Å². The number of ether oxygens (including phenoxy) is 4. The molecule has 0 aliphatic rings. The van der Waals surface area contributed by atoms with Gasteiger partial charge in [-0.15, -0.1) is 0 Å². The van der Waals surface area contributed by atoms with E-state index in [9.17, 15) is 19.2 Å². The molecule has 0 radical (unpaired) electrons. The van der Waals surface area contributed by atoms with Crippen LogP contribution in [0, 0.1) is 11.8 Å². The van der Waals surface area contributed by atoms with Gasteiger partial charge >= 0.3 is 23.9 Å². The number of carbonyl (C=O) groups excluding carboxylic acids is 4. The molecule has 0 amide bonds. The van der Waals surface area contributed by atoms with Crippen LogP contribution >= 0.6 is 11.6 Å². The Morgan fingerprint density at radius 3 is 1.36 bits per heavy atom. The molecule has 10 nitrogen and oxygen atoms in total. The average Bonchev–Trinajstić information content (AvgIpc) is 2.74. The van der Waals surface area contributed by atoms with Gasteiger partial charge in [0.1, 0.15) is 0 Å². The normalized spacial score (nSPS) is 12.8. The fourth-order valence-electron chi connectivity index (χ4n) is 3.20. The van der Waals surface area contributed by atoms with Gasteiger partial charge in [-0.1, -0.05) is 17.7 Å². The highest BCUT2D eigenvalue weighted by Crippen LogP contribution is 2.34. The summed E-state index contributed by atoms with van der Waals surface area (Å²) in [6.45, 7) is 6.38. The van der Waals surface area contributed by atoms with Crippen LogP contribution in [0.3, 0.4) is 0 Å². The summed E-state index contributed by atoms with van der Waals surface area (Å²) in [6, 6.07) is 1.77. The topological polar surface area (TPSA) is 157 Å². The molecular formula is C22H31ClN2O8. The van der Waals surface area contributed by atoms with Crippen molar-refractivity contribution in [1.82, 2.24) is 0 Å². The van der Waals surface area contributed by atoms with E-state index in [2.05, 4.69) is 0 Å². The van der Waals surface area contributed by atoms with Crippen molar-refractivity contribution in [1.29, 1.82) is 0 Å². The molecule has 0 spiro atoms. The van der Waals surface area contributed by atoms with Crippen LogP contribution in [0.5, 0.6) is 0 Å². The number of hydrogen-bond donors (Lipinski definition) is 2. The largest absolute Gasteiger partial charge is 0.465 e. The van der Waals surface area contributed by atoms with Gasteiger partial charge in [0.2, 0.25) is 0 Å². The maximum Gasteiger partial charge on any atom is 0.322 e. The summed E-state index contributed by atoms with van der Waals surface area (Å²) in [4.78, 5) is 50.2. The molecule has 11 heteroatoms. The summed E-state index contributed by atoms with van der Waals surface area (Å²) < 4.78 is 20.0. The lowest BCUT2D eigenvalue weighted by Crippen LogP contribution is -2.40. The molecule has 2 atom stereocenters. The molecule has 0 heterocycles. The van der Waals surface area contributed by atoms with Crippen molar-refractivity contribution in [3.8, 4) is 0 Å². The Bertz CT molecular complexity index is 812. The van der Waals surface area contributed by atoms with Crippen LogP contribution < -0.4 is 11.5 Å². The van der Waals surface area contributed by atoms with Crippen LogP contribution in [0.25, 0.3) is 0 Å². The molecule has 1 rings (SSSR count). The van der Waals surface area contributed by atoms with E-state index in [1.54, 1.807) is 27.7 Å². The Hall–Kier alpha value is -2.69. The van der Waals surface area contributed by atoms with Gasteiger partial charge in [-0.05, 0) is 51.0 Å². The van der Waals surface area contributed by atoms with Gasteiger partial charge in [0.25, 0.3) is 0 Å². The zero-order chi connectivity index (χ0) is 25.1. The van der Waals surface area contributed by atoms with E-state index in [-0.39, 0.29) is 42.6 Å². The number of nitrogens with two attached hydrogens (primary N) is 2. The summed E-state index contributed by atoms with van der Waals surface area (Å²) in [6.07, 6.45) is 0. The lowest BCUT2D eigenvalue weighted by molar-refractivity contribution is -0.165. The maximum absolute atomic E-state index is 12.5. The van der Waals surface area contributed by atoms with Crippen molar-refractivity contribution in [2.45, 2.75) is 39.8 Å². The van der Waals surface area contributed by atoms with Crippen LogP contribution in [0.1, 0.15) is 50.9 Å². The molecule has 1 aromatic carbocycles. The zero-order valence-electron chi connectivity index (χ0n) is 19.2. The molecule has 0 fully saturated rings. The van der Waals surface area contributed by atoms with Crippen LogP contribution in [0.4, 0.5) is 0 Å². The van der Waals surface area contributed by atoms with Crippen molar-refractivity contribution < 1.29 is 38.1 Å². The van der Waals surface area contributed by atoms with Crippen LogP contribution in [0.15, 0.2) is 18.2 Å². The molecular weight excluding hydrogens is 456 g/mol. The number of rotatable bonds is 12. The number of hydrogen-bond acceptors (Lipinski definition) is 10. The van der Waals surface area contributed by atoms with Gasteiger partial charge in [0, 0.05) is 5.02 Å². The summed E-state index contributed by atoms with van der Waals surface area (Å²) in [5.74, 6) is -6.60. The van der Waals surface area contributed by atoms with E-state index in [0.717, 1.165) is 0 Å². The lowest BCUT2D eigenvalue weighted by atomic mass is 9.84. The minimum absolute atomic E-state index is 0.0111. The number of esters is 4. The Labute approximate surface area is 197 Å². The molecule has 0 aliphatic carbocycles. The standard InChI is InChI=1S/C22H31ClN2O8/c1-5-30-19(26)15(20(27)31-6-2)17(24)13-10-9-12(23)11-14(13)18(25)16(21(28)32-7-3)22(29)33-8-4/h9-11,15-18H,5-8,24-25H2,1-4H3. The molecule has 0 aliphatic heterocycles. The van der Waals surface area contributed by atoms with Crippen molar-refractivity contribution in [3.63, 3.8) is 0 Å². The third-order valence-electron chi connectivity index (χ3n) is 4.65. The van der Waals surface area contributed by atoms with Gasteiger partial charge < -0.3 is 30.4 Å². The van der Waals surface area contributed by atoms with E-state index < -0.39 is 47.8 Å². The first-order chi connectivity index (χ1) is 15.6. The Kier molecular flexibility index (Phi) is 11.8. The van der Waals surface area contributed by atoms with Gasteiger partial charge in [-0.25, -0.2) is 0 Å². The fourth-order valence-corrected chi connectivity index (χ4v) is 3.38. The summed E-state index contributed by atoms with van der Waals surface area (Å²) >= 11 is 6.14. The molecule has 0 bridgehead atoms. The average molecular weight is 487 g/mol. The second kappa shape index (κ2) is 13.8. The predicted molar refractivity (Wildman–Crippen MR) is 119 cm³/mol. The molecule has 2 unspecified atom stereocenters. The quantitative estimate of drug-likeness (QED) is 0.253. The SMILES string of the molecule is CCOC(=O)C(C(=O)OCC)C(N)c1ccc(Cl)cc1C(N)C(C(=O)OCC)C(=O)OCC. The third-order valence-corrected chi connectivity index (χ3v) is 4.88. The Balaban J connectivity index is 3.56. The first-order valence-electron chi connectivity index (χ1n) is 10.6. The van der Waals surface area contributed by atoms with Crippen molar-refractivity contribution in [2.24, 2.45) is 23.3 Å². The number of benzene rings is 1. The van der Waals surface area contributed by atoms with Gasteiger partial charge in [-0.3, -0.25) is 19.2 Å². The third kappa shape index (κ3) is 7.41. The number of halogens is 1. The molecule has 1 aromatic rings. The van der Waals surface area contributed by atoms with Gasteiger partial charge in [0.05, 0.1) is 38.5 Å². The van der Waals surface area contributed by atoms with E-state index in [0.29, 0.717) is 0 Å². The minimum Gasteiger partial charge on any atom is -0.465 e. The summed E-state index contributed by atoms with van der Waals surface area (Å²) in [5, 5.41) is 0.228. The molecule has 0 saturated heterocycles. The maximum atomic E-state index is 12.5. The predicted octanol–water partition coefficient (Wildman–Crippen LogP) is 1.82. The Morgan fingerprint density at radius 2 is 1.03 bits per heavy atom. The van der Waals surface area contributed by atoms with Crippen LogP contribution in [-0.4, -0.2) is 50.3 Å². The fraction of sp³-hybridized carbons (Fsp3) is 0.545. The first-order valence-corrected chi connectivity index (χ1v) is 11.0. The monoisotopic (exact) mass is 486 g/mol. The zero-order valence-corrected chi connectivity index (χ0v) is 19.9. The van der Waals surface area contributed by atoms with Gasteiger partial charge in [0.15, 0.2) is 11.8 Å². The second-order valence-electron chi connectivity index (χ2n) is 6.79. The first kappa shape index (κ1) is 28.3. The van der Waals surface area contributed by atoms with Crippen molar-refractivity contribution >= 4 is 35.5 Å². The van der Waals surface area contributed by atoms with Crippen molar-refractivity contribution in [3.05, 3.63) is 34.3 Å². The van der Waals surface area contributed by atoms with E-state index in [4.69, 9.17) is 42.0 Å². The molecule has 33 heavy (non-hydrogen) atoms. The molecule has 0 saturated carbocycles. The highest BCUT2D eigenvalue weighted by molar-refractivity contribution is 6.30. The summed E-state index contributed by atoms with van der Waals surface area (Å²) in [5.41, 5.74) is 13.0. The van der Waals surface area contributed by atoms with E-state index in [1.165, 1.54) is 18.2 Å². The van der Waals surface area contributed by atoms with E-state index >= 15 is 0 Å². The van der Waals surface area contributed by atoms with Gasteiger partial charge in [-0.2, -0.15) is 0 Å².